The van der Waals surface area contributed by atoms with Gasteiger partial charge in [-0.15, -0.1) is 0 Å². The number of aromatic nitrogens is 2. The van der Waals surface area contributed by atoms with Gasteiger partial charge < -0.3 is 4.74 Å². The molecule has 0 radical (unpaired) electrons. The third-order valence-electron chi connectivity index (χ3n) is 5.82. The Kier molecular flexibility index (Phi) is 7.49. The smallest absolute Gasteiger partial charge is 0.211 e. The van der Waals surface area contributed by atoms with Crippen molar-refractivity contribution in [2.45, 2.75) is 45.8 Å². The molecule has 2 fully saturated rings. The third-order valence-corrected chi connectivity index (χ3v) is 7.15. The van der Waals surface area contributed by atoms with E-state index in [1.165, 1.54) is 11.8 Å². The first-order valence-electron chi connectivity index (χ1n) is 10.4. The molecule has 160 valence electrons. The minimum Gasteiger partial charge on any atom is -0.379 e. The van der Waals surface area contributed by atoms with E-state index in [0.717, 1.165) is 77.6 Å². The van der Waals surface area contributed by atoms with Gasteiger partial charge in [-0.1, -0.05) is 0 Å². The van der Waals surface area contributed by atoms with E-state index in [1.54, 1.807) is 4.31 Å². The predicted octanol–water partition coefficient (Wildman–Crippen LogP) is 0.770. The van der Waals surface area contributed by atoms with Crippen molar-refractivity contribution in [1.82, 2.24) is 23.9 Å². The number of sulfonamides is 1. The molecule has 9 heteroatoms. The van der Waals surface area contributed by atoms with Crippen LogP contribution in [0.3, 0.4) is 0 Å². The maximum absolute atomic E-state index is 12.5. The number of nitrogens with zero attached hydrogens (tertiary/aromatic N) is 5. The zero-order valence-corrected chi connectivity index (χ0v) is 18.3. The summed E-state index contributed by atoms with van der Waals surface area (Å²) in [6.07, 6.45) is 5.42. The lowest BCUT2D eigenvalue weighted by Gasteiger charge is -2.39. The van der Waals surface area contributed by atoms with Crippen molar-refractivity contribution >= 4 is 10.0 Å². The molecule has 0 amide bonds. The lowest BCUT2D eigenvalue weighted by molar-refractivity contribution is 0.0337. The summed E-state index contributed by atoms with van der Waals surface area (Å²) in [6, 6.07) is 0.0475. The lowest BCUT2D eigenvalue weighted by atomic mass is 10.0. The summed E-state index contributed by atoms with van der Waals surface area (Å²) in [5, 5.41) is 4.54. The Hall–Kier alpha value is -1.00. The van der Waals surface area contributed by atoms with E-state index in [9.17, 15) is 8.42 Å². The normalized spacial score (nSPS) is 22.8. The van der Waals surface area contributed by atoms with Crippen LogP contribution in [-0.4, -0.2) is 97.1 Å². The largest absolute Gasteiger partial charge is 0.379 e. The molecule has 1 unspecified atom stereocenters. The molecule has 1 atom stereocenters. The number of aryl methyl sites for hydroxylation is 2. The highest BCUT2D eigenvalue weighted by molar-refractivity contribution is 7.88. The first kappa shape index (κ1) is 21.7. The molecular formula is C19H35N5O3S. The summed E-state index contributed by atoms with van der Waals surface area (Å²) in [7, 11) is -3.24. The number of piperidine rings is 1. The van der Waals surface area contributed by atoms with E-state index in [-0.39, 0.29) is 6.04 Å². The Morgan fingerprint density at radius 1 is 1.25 bits per heavy atom. The third kappa shape index (κ3) is 5.76. The van der Waals surface area contributed by atoms with Gasteiger partial charge in [-0.05, 0) is 33.2 Å². The first-order chi connectivity index (χ1) is 13.4. The van der Waals surface area contributed by atoms with Crippen molar-refractivity contribution in [3.63, 3.8) is 0 Å². The predicted molar refractivity (Wildman–Crippen MR) is 110 cm³/mol. The summed E-state index contributed by atoms with van der Waals surface area (Å²) >= 11 is 0. The molecular weight excluding hydrogens is 378 g/mol. The molecule has 0 saturated carbocycles. The Morgan fingerprint density at radius 3 is 2.64 bits per heavy atom. The van der Waals surface area contributed by atoms with Crippen LogP contribution in [0.5, 0.6) is 0 Å². The van der Waals surface area contributed by atoms with E-state index in [4.69, 9.17) is 4.74 Å². The van der Waals surface area contributed by atoms with E-state index in [2.05, 4.69) is 28.0 Å². The van der Waals surface area contributed by atoms with Crippen LogP contribution in [0.25, 0.3) is 0 Å². The van der Waals surface area contributed by atoms with Crippen LogP contribution in [0.4, 0.5) is 0 Å². The molecule has 0 aliphatic carbocycles. The van der Waals surface area contributed by atoms with Gasteiger partial charge in [0, 0.05) is 63.6 Å². The fourth-order valence-electron chi connectivity index (χ4n) is 4.21. The molecule has 28 heavy (non-hydrogen) atoms. The van der Waals surface area contributed by atoms with Gasteiger partial charge in [0.1, 0.15) is 0 Å². The minimum atomic E-state index is -3.24. The zero-order valence-electron chi connectivity index (χ0n) is 17.5. The van der Waals surface area contributed by atoms with Crippen LogP contribution in [0, 0.1) is 6.92 Å². The molecule has 0 aromatic carbocycles. The number of likely N-dealkylation sites (tertiary alicyclic amines) is 1. The maximum Gasteiger partial charge on any atom is 0.211 e. The van der Waals surface area contributed by atoms with Crippen LogP contribution in [0.15, 0.2) is 6.20 Å². The van der Waals surface area contributed by atoms with Crippen molar-refractivity contribution in [3.05, 3.63) is 17.5 Å². The topological polar surface area (TPSA) is 70.9 Å². The molecule has 8 nitrogen and oxygen atoms in total. The average Bonchev–Trinajstić information content (AvgIpc) is 3.02. The summed E-state index contributed by atoms with van der Waals surface area (Å²) in [5.74, 6) is 0. The Balaban J connectivity index is 1.62. The van der Waals surface area contributed by atoms with Crippen LogP contribution in [0.2, 0.25) is 0 Å². The minimum absolute atomic E-state index is 0.0475. The van der Waals surface area contributed by atoms with Gasteiger partial charge in [-0.25, -0.2) is 8.42 Å². The number of rotatable bonds is 8. The van der Waals surface area contributed by atoms with Crippen LogP contribution >= 0.6 is 0 Å². The van der Waals surface area contributed by atoms with E-state index in [0.29, 0.717) is 6.54 Å². The second-order valence-corrected chi connectivity index (χ2v) is 9.89. The summed E-state index contributed by atoms with van der Waals surface area (Å²) < 4.78 is 34.1. The van der Waals surface area contributed by atoms with Gasteiger partial charge in [0.15, 0.2) is 0 Å². The highest BCUT2D eigenvalue weighted by Gasteiger charge is 2.31. The van der Waals surface area contributed by atoms with E-state index < -0.39 is 10.0 Å². The standard InChI is InChI=1S/C19H35N5O3S/c1-4-23-15-18(17(2)20-23)14-22-7-5-6-19(16-22)24(28(3,25)26)9-8-21-10-12-27-13-11-21/h15,19H,4-14,16H2,1-3H3. The fraction of sp³-hybridized carbons (Fsp3) is 0.842. The average molecular weight is 414 g/mol. The number of hydrogen-bond donors (Lipinski definition) is 0. The van der Waals surface area contributed by atoms with Crippen molar-refractivity contribution in [3.8, 4) is 0 Å². The Labute approximate surface area is 169 Å². The molecule has 3 rings (SSSR count). The van der Waals surface area contributed by atoms with Gasteiger partial charge in [0.25, 0.3) is 0 Å². The second kappa shape index (κ2) is 9.67. The fourth-order valence-corrected chi connectivity index (χ4v) is 5.34. The lowest BCUT2D eigenvalue weighted by Crippen LogP contribution is -2.52. The zero-order chi connectivity index (χ0) is 20.1. The van der Waals surface area contributed by atoms with Gasteiger partial charge in [-0.3, -0.25) is 14.5 Å². The molecule has 0 N–H and O–H groups in total. The second-order valence-electron chi connectivity index (χ2n) is 7.95. The molecule has 0 bridgehead atoms. The maximum atomic E-state index is 12.5. The molecule has 0 spiro atoms. The Morgan fingerprint density at radius 2 is 2.00 bits per heavy atom. The monoisotopic (exact) mass is 413 g/mol. The number of hydrogen-bond acceptors (Lipinski definition) is 6. The van der Waals surface area contributed by atoms with Gasteiger partial charge in [0.2, 0.25) is 10.0 Å². The quantitative estimate of drug-likeness (QED) is 0.627. The molecule has 1 aromatic rings. The number of morpholine rings is 1. The molecule has 2 aliphatic rings. The van der Waals surface area contributed by atoms with Gasteiger partial charge in [0.05, 0.1) is 25.2 Å². The molecule has 2 saturated heterocycles. The van der Waals surface area contributed by atoms with Gasteiger partial charge in [-0.2, -0.15) is 9.40 Å². The van der Waals surface area contributed by atoms with Crippen molar-refractivity contribution < 1.29 is 13.2 Å². The molecule has 2 aliphatic heterocycles. The SMILES string of the molecule is CCn1cc(CN2CCCC(N(CCN3CCOCC3)S(C)(=O)=O)C2)c(C)n1. The first-order valence-corrected chi connectivity index (χ1v) is 12.2. The molecule has 1 aromatic heterocycles. The van der Waals surface area contributed by atoms with Crippen molar-refractivity contribution in [2.75, 3.05) is 58.7 Å². The highest BCUT2D eigenvalue weighted by atomic mass is 32.2. The summed E-state index contributed by atoms with van der Waals surface area (Å²) in [5.41, 5.74) is 2.30. The number of ether oxygens (including phenoxy) is 1. The van der Waals surface area contributed by atoms with E-state index in [1.807, 2.05) is 11.6 Å². The van der Waals surface area contributed by atoms with Crippen molar-refractivity contribution in [2.24, 2.45) is 0 Å². The Bertz CT molecular complexity index is 730. The summed E-state index contributed by atoms with van der Waals surface area (Å²) in [4.78, 5) is 4.68. The van der Waals surface area contributed by atoms with Gasteiger partial charge >= 0.3 is 0 Å². The van der Waals surface area contributed by atoms with Crippen LogP contribution in [0.1, 0.15) is 31.0 Å². The van der Waals surface area contributed by atoms with Crippen LogP contribution in [-0.2, 0) is 27.8 Å². The highest BCUT2D eigenvalue weighted by Crippen LogP contribution is 2.21. The van der Waals surface area contributed by atoms with E-state index >= 15 is 0 Å². The summed E-state index contributed by atoms with van der Waals surface area (Å²) in [6.45, 7) is 12.2. The molecule has 3 heterocycles. The van der Waals surface area contributed by atoms with Crippen LogP contribution < -0.4 is 0 Å². The van der Waals surface area contributed by atoms with Crippen molar-refractivity contribution in [1.29, 1.82) is 0 Å².